The van der Waals surface area contributed by atoms with Crippen LogP contribution in [0.3, 0.4) is 0 Å². The van der Waals surface area contributed by atoms with Gasteiger partial charge in [0.25, 0.3) is 0 Å². The first-order chi connectivity index (χ1) is 28.3. The molecule has 4 aromatic rings. The summed E-state index contributed by atoms with van der Waals surface area (Å²) in [6.45, 7) is 14.4. The normalized spacial score (nSPS) is 12.3. The average Bonchev–Trinajstić information content (AvgIpc) is 3.27. The van der Waals surface area contributed by atoms with Crippen LogP contribution in [0.4, 0.5) is 0 Å². The number of benzene rings is 4. The lowest BCUT2D eigenvalue weighted by atomic mass is 10.3. The van der Waals surface area contributed by atoms with Crippen molar-refractivity contribution in [1.29, 1.82) is 0 Å². The third kappa shape index (κ3) is 12.9. The summed E-state index contributed by atoms with van der Waals surface area (Å²) in [5.41, 5.74) is 0. The number of unbranched alkanes of at least 4 members (excludes halogenated alkanes) is 6. The van der Waals surface area contributed by atoms with E-state index in [0.717, 1.165) is 0 Å². The summed E-state index contributed by atoms with van der Waals surface area (Å²) in [6.07, 6.45) is 20.5. The molecule has 0 fully saturated rings. The molecule has 58 heavy (non-hydrogen) atoms. The van der Waals surface area contributed by atoms with Crippen LogP contribution in [0.25, 0.3) is 0 Å². The fourth-order valence-corrected chi connectivity index (χ4v) is 28.1. The molecule has 7 heteroatoms. The summed E-state index contributed by atoms with van der Waals surface area (Å²) in [5.74, 6) is 0. The molecule has 0 aliphatic carbocycles. The number of hydrogen-bond donors (Lipinski definition) is 0. The van der Waals surface area contributed by atoms with Gasteiger partial charge in [-0.25, -0.2) is 4.44 Å². The van der Waals surface area contributed by atoms with Crippen LogP contribution in [-0.4, -0.2) is 40.1 Å². The standard InChI is InChI=1S/C51H79NP2S2Si2/c1-10-16-38-57(39-17-11-2,40-18-12-3)46-34-30-44(31-35-46)53(45-32-36-47(37-33-45)58(41-19-13-4,42-20-14-5)43-21-15-6)52(7)54(48-26-22-24-28-50(48)55-8)49-27-23-25-29-51(49)56-9/h22-37H,10-21,38-43H2,1-9H3. The van der Waals surface area contributed by atoms with Crippen LogP contribution in [0, 0.1) is 0 Å². The molecule has 0 saturated heterocycles. The van der Waals surface area contributed by atoms with Crippen LogP contribution in [0.15, 0.2) is 107 Å². The first-order valence-corrected chi connectivity index (χ1v) is 33.4. The molecule has 0 aliphatic heterocycles. The van der Waals surface area contributed by atoms with Crippen LogP contribution in [-0.2, 0) is 0 Å². The van der Waals surface area contributed by atoms with Gasteiger partial charge >= 0.3 is 0 Å². The Bertz CT molecular complexity index is 1570. The lowest BCUT2D eigenvalue weighted by Crippen LogP contribution is -2.48. The van der Waals surface area contributed by atoms with Gasteiger partial charge in [-0.05, 0) is 42.3 Å². The van der Waals surface area contributed by atoms with Gasteiger partial charge in [-0.2, -0.15) is 0 Å². The quantitative estimate of drug-likeness (QED) is 0.0318. The Labute approximate surface area is 370 Å². The topological polar surface area (TPSA) is 3.24 Å². The van der Waals surface area contributed by atoms with Gasteiger partial charge in [0, 0.05) is 36.5 Å². The zero-order valence-electron chi connectivity index (χ0n) is 38.1. The van der Waals surface area contributed by atoms with Crippen molar-refractivity contribution in [2.24, 2.45) is 0 Å². The lowest BCUT2D eigenvalue weighted by molar-refractivity contribution is 0.800. The van der Waals surface area contributed by atoms with Gasteiger partial charge in [-0.1, -0.05) is 250 Å². The van der Waals surface area contributed by atoms with Crippen molar-refractivity contribution in [3.8, 4) is 0 Å². The predicted octanol–water partition coefficient (Wildman–Crippen LogP) is 14.6. The van der Waals surface area contributed by atoms with Gasteiger partial charge in [0.2, 0.25) is 0 Å². The second kappa shape index (κ2) is 26.3. The van der Waals surface area contributed by atoms with Crippen LogP contribution in [0.1, 0.15) is 119 Å². The fourth-order valence-electron chi connectivity index (χ4n) is 9.24. The molecule has 0 heterocycles. The fraction of sp³-hybridized carbons (Fsp3) is 0.529. The average molecular weight is 888 g/mol. The zero-order valence-corrected chi connectivity index (χ0v) is 43.5. The predicted molar refractivity (Wildman–Crippen MR) is 279 cm³/mol. The maximum absolute atomic E-state index is 2.85. The molecule has 0 radical (unpaired) electrons. The molecule has 0 bridgehead atoms. The second-order valence-electron chi connectivity index (χ2n) is 16.7. The van der Waals surface area contributed by atoms with E-state index < -0.39 is 32.3 Å². The maximum Gasteiger partial charge on any atom is 0.0867 e. The second-order valence-corrected chi connectivity index (χ2v) is 32.5. The van der Waals surface area contributed by atoms with Crippen LogP contribution in [0.2, 0.25) is 36.3 Å². The van der Waals surface area contributed by atoms with Crippen molar-refractivity contribution in [2.45, 2.75) is 165 Å². The Kier molecular flexibility index (Phi) is 22.5. The molecule has 0 amide bonds. The Morgan fingerprint density at radius 1 is 0.414 bits per heavy atom. The van der Waals surface area contributed by atoms with E-state index in [0.29, 0.717) is 0 Å². The molecule has 0 aromatic heterocycles. The van der Waals surface area contributed by atoms with Crippen molar-refractivity contribution >= 4 is 87.4 Å². The van der Waals surface area contributed by atoms with Crippen molar-refractivity contribution < 1.29 is 0 Å². The van der Waals surface area contributed by atoms with E-state index in [1.807, 2.05) is 23.5 Å². The van der Waals surface area contributed by atoms with Crippen molar-refractivity contribution in [3.63, 3.8) is 0 Å². The molecule has 4 aromatic carbocycles. The first-order valence-electron chi connectivity index (χ1n) is 23.1. The van der Waals surface area contributed by atoms with Crippen LogP contribution in [0.5, 0.6) is 0 Å². The number of thioether (sulfide) groups is 2. The minimum atomic E-state index is -1.62. The first kappa shape index (κ1) is 49.5. The zero-order chi connectivity index (χ0) is 41.8. The van der Waals surface area contributed by atoms with Gasteiger partial charge in [-0.3, -0.25) is 0 Å². The molecule has 0 aliphatic rings. The minimum Gasteiger partial charge on any atom is -0.248 e. The third-order valence-electron chi connectivity index (χ3n) is 12.7. The summed E-state index contributed by atoms with van der Waals surface area (Å²) in [7, 11) is -2.40. The molecule has 1 nitrogen and oxygen atoms in total. The summed E-state index contributed by atoms with van der Waals surface area (Å²) >= 11 is 3.80. The van der Waals surface area contributed by atoms with E-state index in [9.17, 15) is 0 Å². The van der Waals surface area contributed by atoms with Gasteiger partial charge in [0.1, 0.15) is 0 Å². The van der Waals surface area contributed by atoms with E-state index in [1.165, 1.54) is 144 Å². The molecule has 0 spiro atoms. The third-order valence-corrected chi connectivity index (χ3v) is 31.1. The molecule has 318 valence electrons. The molecule has 0 saturated carbocycles. The van der Waals surface area contributed by atoms with E-state index in [2.05, 4.69) is 163 Å². The van der Waals surface area contributed by atoms with Gasteiger partial charge < -0.3 is 0 Å². The Balaban J connectivity index is 1.96. The largest absolute Gasteiger partial charge is 0.248 e. The van der Waals surface area contributed by atoms with Gasteiger partial charge in [-0.15, -0.1) is 23.5 Å². The summed E-state index contributed by atoms with van der Waals surface area (Å²) in [4.78, 5) is 2.79. The molecule has 4 rings (SSSR count). The Hall–Kier alpha value is -1.17. The lowest BCUT2D eigenvalue weighted by Gasteiger charge is -2.38. The van der Waals surface area contributed by atoms with Gasteiger partial charge in [0.15, 0.2) is 0 Å². The summed E-state index contributed by atoms with van der Waals surface area (Å²) < 4.78 is 2.85. The van der Waals surface area contributed by atoms with E-state index in [4.69, 9.17) is 0 Å². The maximum atomic E-state index is 2.85. The van der Waals surface area contributed by atoms with Crippen LogP contribution >= 0.6 is 39.7 Å². The van der Waals surface area contributed by atoms with Crippen molar-refractivity contribution in [1.82, 2.24) is 4.44 Å². The SMILES string of the molecule is CCCC[Si](CCCC)(CCCC)c1ccc(P(c2ccc([Si](CCCC)(CCCC)CCCC)cc2)N(C)P(c2ccccc2SC)c2ccccc2SC)cc1. The van der Waals surface area contributed by atoms with E-state index >= 15 is 0 Å². The highest BCUT2D eigenvalue weighted by atomic mass is 32.2. The van der Waals surface area contributed by atoms with E-state index in [-0.39, 0.29) is 0 Å². The Morgan fingerprint density at radius 2 is 0.707 bits per heavy atom. The molecule has 0 atom stereocenters. The van der Waals surface area contributed by atoms with Gasteiger partial charge in [0.05, 0.1) is 16.1 Å². The number of hydrogen-bond acceptors (Lipinski definition) is 3. The highest BCUT2D eigenvalue weighted by Gasteiger charge is 2.36. The Morgan fingerprint density at radius 3 is 0.983 bits per heavy atom. The van der Waals surface area contributed by atoms with Crippen molar-refractivity contribution in [3.05, 3.63) is 97.1 Å². The minimum absolute atomic E-state index is 0.821. The molecule has 0 unspecified atom stereocenters. The highest BCUT2D eigenvalue weighted by Crippen LogP contribution is 2.55. The summed E-state index contributed by atoms with van der Waals surface area (Å²) in [6, 6.07) is 48.2. The number of rotatable bonds is 28. The summed E-state index contributed by atoms with van der Waals surface area (Å²) in [5, 5.41) is 9.40. The van der Waals surface area contributed by atoms with Crippen LogP contribution < -0.4 is 31.6 Å². The number of nitrogens with zero attached hydrogens (tertiary/aromatic N) is 1. The highest BCUT2D eigenvalue weighted by molar-refractivity contribution is 8.00. The van der Waals surface area contributed by atoms with E-state index in [1.54, 1.807) is 10.4 Å². The molecular formula is C51H79NP2S2Si2. The van der Waals surface area contributed by atoms with Crippen molar-refractivity contribution in [2.75, 3.05) is 19.6 Å². The monoisotopic (exact) mass is 887 g/mol. The molecule has 0 N–H and O–H groups in total. The smallest absolute Gasteiger partial charge is 0.0867 e. The molecular weight excluding hydrogens is 809 g/mol.